The molecule has 0 bridgehead atoms. The molecule has 0 saturated heterocycles. The average molecular weight is 293 g/mol. The van der Waals surface area contributed by atoms with Crippen LogP contribution in [0.5, 0.6) is 5.75 Å². The zero-order valence-corrected chi connectivity index (χ0v) is 11.6. The van der Waals surface area contributed by atoms with Gasteiger partial charge in [0.25, 0.3) is 0 Å². The molecule has 0 unspecified atom stereocenters. The largest absolute Gasteiger partial charge is 0.486 e. The molecule has 3 nitrogen and oxygen atoms in total. The normalized spacial score (nSPS) is 12.2. The molecule has 1 atom stereocenters. The second-order valence-corrected chi connectivity index (χ2v) is 4.62. The first-order valence-corrected chi connectivity index (χ1v) is 6.60. The van der Waals surface area contributed by atoms with Crippen LogP contribution in [0.1, 0.15) is 17.2 Å². The summed E-state index contributed by atoms with van der Waals surface area (Å²) in [6.07, 6.45) is -1.27. The highest BCUT2D eigenvalue weighted by atomic mass is 19.1. The van der Waals surface area contributed by atoms with E-state index in [1.54, 1.807) is 7.05 Å². The third-order valence-electron chi connectivity index (χ3n) is 3.06. The van der Waals surface area contributed by atoms with Gasteiger partial charge in [-0.25, -0.2) is 8.78 Å². The summed E-state index contributed by atoms with van der Waals surface area (Å²) >= 11 is 0. The van der Waals surface area contributed by atoms with Crippen LogP contribution >= 0.6 is 0 Å². The van der Waals surface area contributed by atoms with E-state index in [0.717, 1.165) is 11.6 Å². The minimum absolute atomic E-state index is 0.0516. The monoisotopic (exact) mass is 293 g/mol. The second-order valence-electron chi connectivity index (χ2n) is 4.62. The molecule has 0 aliphatic carbocycles. The van der Waals surface area contributed by atoms with Gasteiger partial charge in [0.2, 0.25) is 0 Å². The predicted octanol–water partition coefficient (Wildman–Crippen LogP) is 2.80. The molecule has 21 heavy (non-hydrogen) atoms. The lowest BCUT2D eigenvalue weighted by molar-refractivity contribution is 0.165. The van der Waals surface area contributed by atoms with Crippen molar-refractivity contribution in [1.29, 1.82) is 0 Å². The fraction of sp³-hybridized carbons (Fsp3) is 0.250. The van der Waals surface area contributed by atoms with Gasteiger partial charge in [-0.1, -0.05) is 30.3 Å². The quantitative estimate of drug-likeness (QED) is 0.860. The first-order valence-electron chi connectivity index (χ1n) is 6.60. The molecule has 0 aliphatic rings. The number of benzene rings is 2. The van der Waals surface area contributed by atoms with E-state index in [2.05, 4.69) is 5.32 Å². The van der Waals surface area contributed by atoms with E-state index in [1.807, 2.05) is 30.3 Å². The maximum Gasteiger partial charge on any atom is 0.173 e. The van der Waals surface area contributed by atoms with Gasteiger partial charge in [-0.05, 0) is 24.7 Å². The van der Waals surface area contributed by atoms with Crippen LogP contribution < -0.4 is 10.1 Å². The van der Waals surface area contributed by atoms with Gasteiger partial charge in [-0.15, -0.1) is 0 Å². The summed E-state index contributed by atoms with van der Waals surface area (Å²) in [4.78, 5) is 0. The van der Waals surface area contributed by atoms with E-state index in [-0.39, 0.29) is 24.5 Å². The summed E-state index contributed by atoms with van der Waals surface area (Å²) in [5, 5.41) is 12.5. The van der Waals surface area contributed by atoms with E-state index in [1.165, 1.54) is 6.07 Å². The van der Waals surface area contributed by atoms with Gasteiger partial charge in [0.05, 0.1) is 11.7 Å². The van der Waals surface area contributed by atoms with Gasteiger partial charge >= 0.3 is 0 Å². The number of aliphatic hydroxyl groups excluding tert-OH is 1. The van der Waals surface area contributed by atoms with Crippen molar-refractivity contribution in [2.24, 2.45) is 0 Å². The number of likely N-dealkylation sites (N-methyl/N-ethyl adjacent to an activating group) is 1. The van der Waals surface area contributed by atoms with Gasteiger partial charge in [0, 0.05) is 6.54 Å². The Bertz CT molecular complexity index is 590. The van der Waals surface area contributed by atoms with Crippen LogP contribution in [-0.2, 0) is 6.61 Å². The first-order chi connectivity index (χ1) is 10.1. The number of aliphatic hydroxyl groups is 1. The molecule has 0 radical (unpaired) electrons. The van der Waals surface area contributed by atoms with E-state index < -0.39 is 17.7 Å². The molecule has 0 aliphatic heterocycles. The molecule has 0 fully saturated rings. The maximum atomic E-state index is 14.3. The standard InChI is InChI=1S/C16H17F2NO2/c1-19-9-13(20)15-12(17)7-8-14(16(15)18)21-10-11-5-3-2-4-6-11/h2-8,13,19-20H,9-10H2,1H3/t13-/m0/s1. The number of hydrogen-bond acceptors (Lipinski definition) is 3. The molecule has 0 amide bonds. The van der Waals surface area contributed by atoms with E-state index in [4.69, 9.17) is 4.74 Å². The van der Waals surface area contributed by atoms with Crippen LogP contribution in [0.15, 0.2) is 42.5 Å². The van der Waals surface area contributed by atoms with Crippen molar-refractivity contribution in [1.82, 2.24) is 5.32 Å². The molecule has 0 aromatic heterocycles. The van der Waals surface area contributed by atoms with Crippen LogP contribution in [0.25, 0.3) is 0 Å². The second kappa shape index (κ2) is 7.15. The number of ether oxygens (including phenoxy) is 1. The molecular formula is C16H17F2NO2. The average Bonchev–Trinajstić information content (AvgIpc) is 2.48. The van der Waals surface area contributed by atoms with Crippen molar-refractivity contribution in [3.8, 4) is 5.75 Å². The minimum Gasteiger partial charge on any atom is -0.486 e. The molecule has 0 spiro atoms. The van der Waals surface area contributed by atoms with Crippen molar-refractivity contribution in [3.63, 3.8) is 0 Å². The van der Waals surface area contributed by atoms with Crippen molar-refractivity contribution in [2.75, 3.05) is 13.6 Å². The molecule has 112 valence electrons. The third kappa shape index (κ3) is 3.77. The first kappa shape index (κ1) is 15.4. The lowest BCUT2D eigenvalue weighted by Gasteiger charge is -2.15. The third-order valence-corrected chi connectivity index (χ3v) is 3.06. The summed E-state index contributed by atoms with van der Waals surface area (Å²) in [7, 11) is 1.59. The lowest BCUT2D eigenvalue weighted by Crippen LogP contribution is -2.19. The van der Waals surface area contributed by atoms with Crippen LogP contribution in [0.4, 0.5) is 8.78 Å². The highest BCUT2D eigenvalue weighted by Crippen LogP contribution is 2.28. The van der Waals surface area contributed by atoms with Gasteiger partial charge < -0.3 is 15.2 Å². The van der Waals surface area contributed by atoms with E-state index in [9.17, 15) is 13.9 Å². The summed E-state index contributed by atoms with van der Waals surface area (Å²) in [5.41, 5.74) is 0.494. The van der Waals surface area contributed by atoms with Crippen LogP contribution in [0, 0.1) is 11.6 Å². The zero-order valence-electron chi connectivity index (χ0n) is 11.6. The molecule has 2 aromatic carbocycles. The van der Waals surface area contributed by atoms with Crippen LogP contribution in [0.2, 0.25) is 0 Å². The summed E-state index contributed by atoms with van der Waals surface area (Å²) in [5.74, 6) is -1.73. The number of nitrogens with one attached hydrogen (secondary N) is 1. The van der Waals surface area contributed by atoms with Gasteiger partial charge in [0.15, 0.2) is 11.6 Å². The zero-order chi connectivity index (χ0) is 15.2. The Balaban J connectivity index is 2.19. The van der Waals surface area contributed by atoms with Crippen molar-refractivity contribution >= 4 is 0 Å². The Morgan fingerprint density at radius 3 is 2.52 bits per heavy atom. The van der Waals surface area contributed by atoms with Gasteiger partial charge in [-0.2, -0.15) is 0 Å². The Labute approximate surface area is 122 Å². The van der Waals surface area contributed by atoms with Gasteiger partial charge in [0.1, 0.15) is 12.4 Å². The SMILES string of the molecule is CNC[C@H](O)c1c(F)ccc(OCc2ccccc2)c1F. The number of rotatable bonds is 6. The highest BCUT2D eigenvalue weighted by molar-refractivity contribution is 5.34. The van der Waals surface area contributed by atoms with Gasteiger partial charge in [-0.3, -0.25) is 0 Å². The molecule has 2 rings (SSSR count). The molecule has 2 aromatic rings. The molecule has 0 heterocycles. The smallest absolute Gasteiger partial charge is 0.173 e. The fourth-order valence-corrected chi connectivity index (χ4v) is 2.00. The molecular weight excluding hydrogens is 276 g/mol. The summed E-state index contributed by atoms with van der Waals surface area (Å²) in [6.45, 7) is 0.223. The Kier molecular flexibility index (Phi) is 5.25. The Hall–Kier alpha value is -1.98. The van der Waals surface area contributed by atoms with Crippen molar-refractivity contribution in [3.05, 3.63) is 65.2 Å². The molecule has 0 saturated carbocycles. The minimum atomic E-state index is -1.27. The number of hydrogen-bond donors (Lipinski definition) is 2. The summed E-state index contributed by atoms with van der Waals surface area (Å²) < 4.78 is 33.3. The maximum absolute atomic E-state index is 14.3. The topological polar surface area (TPSA) is 41.5 Å². The van der Waals surface area contributed by atoms with E-state index in [0.29, 0.717) is 0 Å². The lowest BCUT2D eigenvalue weighted by atomic mass is 10.1. The van der Waals surface area contributed by atoms with Crippen molar-refractivity contribution < 1.29 is 18.6 Å². The van der Waals surface area contributed by atoms with E-state index >= 15 is 0 Å². The summed E-state index contributed by atoms with van der Waals surface area (Å²) in [6, 6.07) is 11.6. The molecule has 2 N–H and O–H groups in total. The molecule has 5 heteroatoms. The predicted molar refractivity (Wildman–Crippen MR) is 76.0 cm³/mol. The van der Waals surface area contributed by atoms with Crippen LogP contribution in [-0.4, -0.2) is 18.7 Å². The highest BCUT2D eigenvalue weighted by Gasteiger charge is 2.21. The van der Waals surface area contributed by atoms with Crippen molar-refractivity contribution in [2.45, 2.75) is 12.7 Å². The van der Waals surface area contributed by atoms with Crippen LogP contribution in [0.3, 0.4) is 0 Å². The Morgan fingerprint density at radius 2 is 1.86 bits per heavy atom. The fourth-order valence-electron chi connectivity index (χ4n) is 2.00. The number of halogens is 2. The Morgan fingerprint density at radius 1 is 1.14 bits per heavy atom.